The SMILES string of the molecule is CCOC(=O)C1(CCC(C)C)CNC(=O)CCCN(C(=O)C2CCOCC2)CCNC(=O)COc2ccc(cc2OC)C1. The van der Waals surface area contributed by atoms with Gasteiger partial charge in [-0.15, -0.1) is 0 Å². The number of amides is 3. The van der Waals surface area contributed by atoms with Crippen molar-refractivity contribution in [1.82, 2.24) is 15.5 Å². The second kappa shape index (κ2) is 17.1. The lowest BCUT2D eigenvalue weighted by Gasteiger charge is -2.33. The van der Waals surface area contributed by atoms with Crippen molar-refractivity contribution in [3.63, 3.8) is 0 Å². The fraction of sp³-hybridized carbons (Fsp3) is 0.688. The molecule has 3 amide bonds. The Morgan fingerprint density at radius 2 is 1.88 bits per heavy atom. The van der Waals surface area contributed by atoms with Crippen molar-refractivity contribution in [2.45, 2.75) is 65.7 Å². The minimum Gasteiger partial charge on any atom is -0.493 e. The van der Waals surface area contributed by atoms with Crippen LogP contribution < -0.4 is 20.1 Å². The third kappa shape index (κ3) is 10.4. The average Bonchev–Trinajstić information content (AvgIpc) is 3.00. The second-order valence-electron chi connectivity index (χ2n) is 11.8. The van der Waals surface area contributed by atoms with Crippen LogP contribution >= 0.6 is 0 Å². The van der Waals surface area contributed by atoms with E-state index in [9.17, 15) is 19.2 Å². The monoisotopic (exact) mass is 603 g/mol. The van der Waals surface area contributed by atoms with Gasteiger partial charge < -0.3 is 34.5 Å². The molecule has 0 radical (unpaired) electrons. The van der Waals surface area contributed by atoms with E-state index < -0.39 is 5.41 Å². The summed E-state index contributed by atoms with van der Waals surface area (Å²) < 4.78 is 22.3. The van der Waals surface area contributed by atoms with Crippen molar-refractivity contribution in [3.8, 4) is 11.5 Å². The summed E-state index contributed by atoms with van der Waals surface area (Å²) >= 11 is 0. The van der Waals surface area contributed by atoms with Crippen LogP contribution in [0.15, 0.2) is 18.2 Å². The van der Waals surface area contributed by atoms with Crippen molar-refractivity contribution in [1.29, 1.82) is 0 Å². The molecule has 2 N–H and O–H groups in total. The summed E-state index contributed by atoms with van der Waals surface area (Å²) in [4.78, 5) is 54.3. The first-order chi connectivity index (χ1) is 20.7. The number of nitrogens with one attached hydrogen (secondary N) is 2. The van der Waals surface area contributed by atoms with Crippen LogP contribution in [0.4, 0.5) is 0 Å². The average molecular weight is 604 g/mol. The topological polar surface area (TPSA) is 133 Å². The molecule has 3 aliphatic rings. The third-order valence-electron chi connectivity index (χ3n) is 8.08. The molecule has 1 aromatic carbocycles. The number of rotatable bonds is 7. The highest BCUT2D eigenvalue weighted by Gasteiger charge is 2.40. The van der Waals surface area contributed by atoms with Gasteiger partial charge in [0.25, 0.3) is 5.91 Å². The summed E-state index contributed by atoms with van der Waals surface area (Å²) in [5.74, 6) is 0.182. The zero-order valence-corrected chi connectivity index (χ0v) is 26.2. The molecule has 4 rings (SSSR count). The Morgan fingerprint density at radius 3 is 2.58 bits per heavy atom. The van der Waals surface area contributed by atoms with Gasteiger partial charge >= 0.3 is 5.97 Å². The van der Waals surface area contributed by atoms with E-state index in [-0.39, 0.29) is 62.3 Å². The van der Waals surface area contributed by atoms with E-state index in [1.165, 1.54) is 7.11 Å². The molecule has 1 fully saturated rings. The summed E-state index contributed by atoms with van der Waals surface area (Å²) in [5.41, 5.74) is -0.170. The smallest absolute Gasteiger partial charge is 0.314 e. The highest BCUT2D eigenvalue weighted by atomic mass is 16.5. The number of methoxy groups -OCH3 is 1. The maximum Gasteiger partial charge on any atom is 0.314 e. The van der Waals surface area contributed by atoms with Crippen LogP contribution in [0.25, 0.3) is 0 Å². The number of benzene rings is 1. The van der Waals surface area contributed by atoms with Gasteiger partial charge in [0, 0.05) is 51.7 Å². The number of hydrogen-bond donors (Lipinski definition) is 2. The molecule has 43 heavy (non-hydrogen) atoms. The van der Waals surface area contributed by atoms with Crippen LogP contribution in [0.2, 0.25) is 0 Å². The quantitative estimate of drug-likeness (QED) is 0.359. The lowest BCUT2D eigenvalue weighted by Crippen LogP contribution is -2.46. The number of carbonyl (C=O) groups is 4. The molecule has 11 heteroatoms. The molecule has 1 atom stereocenters. The summed E-state index contributed by atoms with van der Waals surface area (Å²) in [6, 6.07) is 5.36. The van der Waals surface area contributed by atoms with Gasteiger partial charge in [0.1, 0.15) is 0 Å². The second-order valence-corrected chi connectivity index (χ2v) is 11.8. The summed E-state index contributed by atoms with van der Waals surface area (Å²) in [7, 11) is 1.52. The minimum absolute atomic E-state index is 0.0136. The molecule has 240 valence electrons. The van der Waals surface area contributed by atoms with E-state index in [0.29, 0.717) is 75.8 Å². The molecule has 1 aromatic rings. The highest BCUT2D eigenvalue weighted by molar-refractivity contribution is 5.81. The molecular formula is C32H49N3O8. The number of fused-ring (bicyclic) bond motifs is 16. The van der Waals surface area contributed by atoms with Gasteiger partial charge in [0.05, 0.1) is 19.1 Å². The van der Waals surface area contributed by atoms with Crippen LogP contribution in [0.5, 0.6) is 11.5 Å². The van der Waals surface area contributed by atoms with Crippen LogP contribution in [-0.2, 0) is 35.1 Å². The molecule has 1 unspecified atom stereocenters. The zero-order valence-electron chi connectivity index (χ0n) is 26.2. The third-order valence-corrected chi connectivity index (χ3v) is 8.08. The van der Waals surface area contributed by atoms with Gasteiger partial charge in [-0.05, 0) is 69.1 Å². The Bertz CT molecular complexity index is 1090. The van der Waals surface area contributed by atoms with Gasteiger partial charge in [-0.25, -0.2) is 0 Å². The first kappa shape index (κ1) is 34.2. The summed E-state index contributed by atoms with van der Waals surface area (Å²) in [5, 5.41) is 5.84. The van der Waals surface area contributed by atoms with Crippen LogP contribution in [0.1, 0.15) is 64.9 Å². The molecular weight excluding hydrogens is 554 g/mol. The van der Waals surface area contributed by atoms with E-state index in [1.807, 2.05) is 6.07 Å². The van der Waals surface area contributed by atoms with E-state index in [1.54, 1.807) is 24.0 Å². The van der Waals surface area contributed by atoms with Crippen LogP contribution in [0, 0.1) is 17.3 Å². The number of hydrogen-bond acceptors (Lipinski definition) is 8. The van der Waals surface area contributed by atoms with Crippen molar-refractivity contribution in [2.24, 2.45) is 17.3 Å². The Morgan fingerprint density at radius 1 is 1.12 bits per heavy atom. The molecule has 11 nitrogen and oxygen atoms in total. The zero-order chi connectivity index (χ0) is 31.2. The van der Waals surface area contributed by atoms with Crippen molar-refractivity contribution >= 4 is 23.7 Å². The van der Waals surface area contributed by atoms with E-state index in [0.717, 1.165) is 12.0 Å². The van der Waals surface area contributed by atoms with Gasteiger partial charge in [-0.2, -0.15) is 0 Å². The van der Waals surface area contributed by atoms with Crippen LogP contribution in [-0.4, -0.2) is 88.3 Å². The van der Waals surface area contributed by atoms with E-state index in [4.69, 9.17) is 18.9 Å². The van der Waals surface area contributed by atoms with Crippen molar-refractivity contribution in [3.05, 3.63) is 23.8 Å². The Kier molecular flexibility index (Phi) is 13.6. The minimum atomic E-state index is -0.989. The first-order valence-corrected chi connectivity index (χ1v) is 15.5. The Balaban J connectivity index is 1.88. The standard InChI is InChI=1S/C32H49N3O8/c1-5-42-31(39)32(13-10-23(2)3)20-24-8-9-26(27(19-24)40-4)43-21-29(37)33-14-16-35(15-6-7-28(36)34-22-32)30(38)25-11-17-41-18-12-25/h8-9,19,23,25H,5-7,10-18,20-22H2,1-4H3,(H,33,37)(H,34,36). The number of ether oxygens (including phenoxy) is 4. The van der Waals surface area contributed by atoms with Gasteiger partial charge in [-0.1, -0.05) is 19.9 Å². The Labute approximate surface area is 255 Å². The fourth-order valence-electron chi connectivity index (χ4n) is 5.51. The molecule has 3 aliphatic heterocycles. The van der Waals surface area contributed by atoms with E-state index >= 15 is 0 Å². The lowest BCUT2D eigenvalue weighted by atomic mass is 9.76. The predicted molar refractivity (Wildman–Crippen MR) is 161 cm³/mol. The van der Waals surface area contributed by atoms with Gasteiger partial charge in [-0.3, -0.25) is 19.2 Å². The maximum absolute atomic E-state index is 13.5. The molecule has 3 heterocycles. The Hall–Kier alpha value is -3.34. The molecule has 1 saturated heterocycles. The van der Waals surface area contributed by atoms with Crippen molar-refractivity contribution < 1.29 is 38.1 Å². The summed E-state index contributed by atoms with van der Waals surface area (Å²) in [6.07, 6.45) is 3.58. The fourth-order valence-corrected chi connectivity index (χ4v) is 5.51. The largest absolute Gasteiger partial charge is 0.493 e. The predicted octanol–water partition coefficient (Wildman–Crippen LogP) is 2.88. The van der Waals surface area contributed by atoms with Crippen LogP contribution in [0.3, 0.4) is 0 Å². The molecule has 2 bridgehead atoms. The lowest BCUT2D eigenvalue weighted by molar-refractivity contribution is -0.156. The van der Waals surface area contributed by atoms with Crippen molar-refractivity contribution in [2.75, 3.05) is 59.7 Å². The molecule has 0 saturated carbocycles. The van der Waals surface area contributed by atoms with Gasteiger partial charge in [0.2, 0.25) is 11.8 Å². The van der Waals surface area contributed by atoms with Gasteiger partial charge in [0.15, 0.2) is 18.1 Å². The number of esters is 1. The first-order valence-electron chi connectivity index (χ1n) is 15.5. The molecule has 0 spiro atoms. The number of nitrogens with zero attached hydrogens (tertiary/aromatic N) is 1. The normalized spacial score (nSPS) is 21.6. The maximum atomic E-state index is 13.5. The molecule has 0 aromatic heterocycles. The molecule has 0 aliphatic carbocycles. The number of carbonyl (C=O) groups excluding carboxylic acids is 4. The van der Waals surface area contributed by atoms with E-state index in [2.05, 4.69) is 24.5 Å². The highest BCUT2D eigenvalue weighted by Crippen LogP contribution is 2.35. The summed E-state index contributed by atoms with van der Waals surface area (Å²) in [6.45, 7) is 8.16.